The van der Waals surface area contributed by atoms with Gasteiger partial charge in [0.05, 0.1) is 18.5 Å². The van der Waals surface area contributed by atoms with E-state index in [1.54, 1.807) is 30.5 Å². The van der Waals surface area contributed by atoms with Crippen molar-refractivity contribution in [3.8, 4) is 5.75 Å². The van der Waals surface area contributed by atoms with Gasteiger partial charge in [0.25, 0.3) is 0 Å². The summed E-state index contributed by atoms with van der Waals surface area (Å²) < 4.78 is 33.8. The van der Waals surface area contributed by atoms with Crippen LogP contribution in [0.2, 0.25) is 0 Å². The average Bonchev–Trinajstić information content (AvgIpc) is 2.66. The molecule has 0 atom stereocenters. The Bertz CT molecular complexity index is 847. The summed E-state index contributed by atoms with van der Waals surface area (Å²) in [6.45, 7) is 2.65. The minimum absolute atomic E-state index is 0.181. The van der Waals surface area contributed by atoms with Gasteiger partial charge < -0.3 is 9.64 Å². The molecule has 1 aromatic carbocycles. The lowest BCUT2D eigenvalue weighted by molar-refractivity contribution is 0.111. The van der Waals surface area contributed by atoms with Crippen molar-refractivity contribution in [1.82, 2.24) is 9.71 Å². The van der Waals surface area contributed by atoms with Crippen molar-refractivity contribution in [3.05, 3.63) is 48.8 Å². The van der Waals surface area contributed by atoms with Crippen LogP contribution in [0.5, 0.6) is 5.75 Å². The predicted octanol–water partition coefficient (Wildman–Crippen LogP) is 2.04. The summed E-state index contributed by atoms with van der Waals surface area (Å²) in [7, 11) is -3.54. The van der Waals surface area contributed by atoms with Crippen molar-refractivity contribution in [2.24, 2.45) is 5.41 Å². The second-order valence-electron chi connectivity index (χ2n) is 6.76. The molecule has 132 valence electrons. The van der Waals surface area contributed by atoms with Crippen molar-refractivity contribution in [2.75, 3.05) is 31.1 Å². The van der Waals surface area contributed by atoms with E-state index in [2.05, 4.69) is 20.7 Å². The maximum atomic E-state index is 12.5. The van der Waals surface area contributed by atoms with Crippen LogP contribution in [-0.4, -0.2) is 39.6 Å². The summed E-state index contributed by atoms with van der Waals surface area (Å²) in [5.41, 5.74) is 0.925. The molecular formula is C18H21N3O3S. The van der Waals surface area contributed by atoms with Crippen LogP contribution in [-0.2, 0) is 10.0 Å². The number of pyridine rings is 1. The largest absolute Gasteiger partial charge is 0.492 e. The van der Waals surface area contributed by atoms with Gasteiger partial charge in [0.15, 0.2) is 0 Å². The Morgan fingerprint density at radius 3 is 2.68 bits per heavy atom. The van der Waals surface area contributed by atoms with Crippen molar-refractivity contribution in [2.45, 2.75) is 17.7 Å². The number of piperidine rings is 1. The number of nitrogens with zero attached hydrogens (tertiary/aromatic N) is 2. The van der Waals surface area contributed by atoms with Crippen LogP contribution in [0.15, 0.2) is 53.7 Å². The Kier molecular flexibility index (Phi) is 4.13. The van der Waals surface area contributed by atoms with Gasteiger partial charge in [-0.25, -0.2) is 13.1 Å². The minimum atomic E-state index is -3.54. The normalized spacial score (nSPS) is 21.7. The third-order valence-corrected chi connectivity index (χ3v) is 6.59. The molecule has 2 aliphatic heterocycles. The minimum Gasteiger partial charge on any atom is -0.492 e. The molecule has 25 heavy (non-hydrogen) atoms. The fraction of sp³-hybridized carbons (Fsp3) is 0.389. The van der Waals surface area contributed by atoms with E-state index in [0.29, 0.717) is 18.9 Å². The van der Waals surface area contributed by atoms with E-state index >= 15 is 0 Å². The zero-order valence-electron chi connectivity index (χ0n) is 13.9. The zero-order valence-corrected chi connectivity index (χ0v) is 14.7. The van der Waals surface area contributed by atoms with Crippen LogP contribution in [0.3, 0.4) is 0 Å². The van der Waals surface area contributed by atoms with Gasteiger partial charge in [-0.1, -0.05) is 12.1 Å². The van der Waals surface area contributed by atoms with E-state index in [1.807, 2.05) is 12.3 Å². The molecule has 7 heteroatoms. The highest BCUT2D eigenvalue weighted by molar-refractivity contribution is 7.89. The smallest absolute Gasteiger partial charge is 0.244 e. The Labute approximate surface area is 147 Å². The summed E-state index contributed by atoms with van der Waals surface area (Å²) in [5.74, 6) is 0.434. The highest BCUT2D eigenvalue weighted by Gasteiger charge is 2.39. The van der Waals surface area contributed by atoms with Gasteiger partial charge in [-0.2, -0.15) is 0 Å². The number of anilines is 1. The number of aromatic nitrogens is 1. The third-order valence-electron chi connectivity index (χ3n) is 5.14. The molecule has 0 radical (unpaired) electrons. The Balaban J connectivity index is 1.53. The predicted molar refractivity (Wildman–Crippen MR) is 95.2 cm³/mol. The van der Waals surface area contributed by atoms with Gasteiger partial charge in [0.2, 0.25) is 10.0 Å². The standard InChI is InChI=1S/C18H21N3O3S/c22-25(23)17-6-2-1-5-16(17)24-14-18(13-20-25)7-10-21(11-8-18)15-4-3-9-19-12-15/h1-6,9,12,20H,7-8,10-11,13-14H2. The number of benzene rings is 1. The molecular weight excluding hydrogens is 338 g/mol. The Morgan fingerprint density at radius 1 is 1.12 bits per heavy atom. The number of fused-ring (bicyclic) bond motifs is 1. The van der Waals surface area contributed by atoms with E-state index in [9.17, 15) is 8.42 Å². The SMILES string of the molecule is O=S1(=O)NCC2(CCN(c3cccnc3)CC2)COc2ccccc21. The average molecular weight is 359 g/mol. The lowest BCUT2D eigenvalue weighted by Crippen LogP contribution is -2.50. The summed E-state index contributed by atoms with van der Waals surface area (Å²) in [6.07, 6.45) is 5.37. The van der Waals surface area contributed by atoms with Crippen molar-refractivity contribution in [1.29, 1.82) is 0 Å². The van der Waals surface area contributed by atoms with E-state index in [1.165, 1.54) is 0 Å². The first-order chi connectivity index (χ1) is 12.1. The number of hydrogen-bond acceptors (Lipinski definition) is 5. The summed E-state index contributed by atoms with van der Waals surface area (Å²) in [5, 5.41) is 0. The number of ether oxygens (including phenoxy) is 1. The Hall–Kier alpha value is -2.12. The molecule has 2 aromatic rings. The number of rotatable bonds is 1. The van der Waals surface area contributed by atoms with Crippen LogP contribution in [0.1, 0.15) is 12.8 Å². The van der Waals surface area contributed by atoms with Gasteiger partial charge in [-0.15, -0.1) is 0 Å². The molecule has 0 amide bonds. The number of nitrogens with one attached hydrogen (secondary N) is 1. The first kappa shape index (κ1) is 16.4. The molecule has 3 heterocycles. The molecule has 1 spiro atoms. The van der Waals surface area contributed by atoms with Crippen LogP contribution in [0.4, 0.5) is 5.69 Å². The Morgan fingerprint density at radius 2 is 1.92 bits per heavy atom. The summed E-state index contributed by atoms with van der Waals surface area (Å²) in [4.78, 5) is 6.69. The number of hydrogen-bond donors (Lipinski definition) is 1. The highest BCUT2D eigenvalue weighted by Crippen LogP contribution is 2.36. The van der Waals surface area contributed by atoms with E-state index in [0.717, 1.165) is 31.6 Å². The van der Waals surface area contributed by atoms with Crippen molar-refractivity contribution in [3.63, 3.8) is 0 Å². The number of sulfonamides is 1. The molecule has 0 saturated carbocycles. The molecule has 1 N–H and O–H groups in total. The lowest BCUT2D eigenvalue weighted by Gasteiger charge is -2.43. The lowest BCUT2D eigenvalue weighted by atomic mass is 9.79. The third kappa shape index (κ3) is 3.21. The first-order valence-corrected chi connectivity index (χ1v) is 9.93. The monoisotopic (exact) mass is 359 g/mol. The highest BCUT2D eigenvalue weighted by atomic mass is 32.2. The van der Waals surface area contributed by atoms with E-state index in [4.69, 9.17) is 4.74 Å². The van der Waals surface area contributed by atoms with Crippen molar-refractivity contribution >= 4 is 15.7 Å². The van der Waals surface area contributed by atoms with Gasteiger partial charge in [0.1, 0.15) is 10.6 Å². The summed E-state index contributed by atoms with van der Waals surface area (Å²) in [6, 6.07) is 10.8. The van der Waals surface area contributed by atoms with Crippen LogP contribution in [0, 0.1) is 5.41 Å². The topological polar surface area (TPSA) is 71.5 Å². The molecule has 0 aliphatic carbocycles. The quantitative estimate of drug-likeness (QED) is 0.844. The van der Waals surface area contributed by atoms with E-state index in [-0.39, 0.29) is 10.3 Å². The fourth-order valence-corrected chi connectivity index (χ4v) is 4.80. The molecule has 1 saturated heterocycles. The fourth-order valence-electron chi connectivity index (χ4n) is 3.50. The van der Waals surface area contributed by atoms with Crippen molar-refractivity contribution < 1.29 is 13.2 Å². The molecule has 1 fully saturated rings. The zero-order chi connectivity index (χ0) is 17.3. The van der Waals surface area contributed by atoms with Gasteiger partial charge in [-0.05, 0) is 37.1 Å². The van der Waals surface area contributed by atoms with Gasteiger partial charge in [0, 0.05) is 31.2 Å². The second kappa shape index (κ2) is 6.31. The van der Waals surface area contributed by atoms with E-state index < -0.39 is 10.0 Å². The van der Waals surface area contributed by atoms with Gasteiger partial charge in [-0.3, -0.25) is 4.98 Å². The molecule has 6 nitrogen and oxygen atoms in total. The maximum absolute atomic E-state index is 12.5. The molecule has 4 rings (SSSR count). The van der Waals surface area contributed by atoms with Crippen LogP contribution < -0.4 is 14.4 Å². The molecule has 0 bridgehead atoms. The van der Waals surface area contributed by atoms with Gasteiger partial charge >= 0.3 is 0 Å². The maximum Gasteiger partial charge on any atom is 0.244 e. The summed E-state index contributed by atoms with van der Waals surface area (Å²) >= 11 is 0. The molecule has 1 aromatic heterocycles. The molecule has 2 aliphatic rings. The molecule has 0 unspecified atom stereocenters. The van der Waals surface area contributed by atoms with Crippen LogP contribution >= 0.6 is 0 Å². The van der Waals surface area contributed by atoms with Crippen LogP contribution in [0.25, 0.3) is 0 Å². The first-order valence-electron chi connectivity index (χ1n) is 8.45. The second-order valence-corrected chi connectivity index (χ2v) is 8.49. The number of para-hydroxylation sites is 1.